The summed E-state index contributed by atoms with van der Waals surface area (Å²) in [7, 11) is 2.08. The van der Waals surface area contributed by atoms with Gasteiger partial charge in [0, 0.05) is 32.2 Å². The molecule has 3 atom stereocenters. The van der Waals surface area contributed by atoms with Gasteiger partial charge in [0.05, 0.1) is 12.7 Å². The van der Waals surface area contributed by atoms with E-state index in [2.05, 4.69) is 36.0 Å². The van der Waals surface area contributed by atoms with Gasteiger partial charge in [-0.3, -0.25) is 4.90 Å². The van der Waals surface area contributed by atoms with E-state index >= 15 is 0 Å². The molecule has 0 amide bonds. The van der Waals surface area contributed by atoms with Crippen LogP contribution in [0.3, 0.4) is 0 Å². The van der Waals surface area contributed by atoms with Crippen molar-refractivity contribution in [3.8, 4) is 0 Å². The first-order valence-corrected chi connectivity index (χ1v) is 7.96. The fraction of sp³-hybridized carbons (Fsp3) is 1.00. The third kappa shape index (κ3) is 4.42. The minimum absolute atomic E-state index is 0.414. The molecule has 0 aromatic heterocycles. The fourth-order valence-electron chi connectivity index (χ4n) is 3.37. The van der Waals surface area contributed by atoms with Crippen LogP contribution in [-0.2, 0) is 4.74 Å². The highest BCUT2D eigenvalue weighted by Gasteiger charge is 2.27. The summed E-state index contributed by atoms with van der Waals surface area (Å²) in [5.41, 5.74) is 0. The maximum absolute atomic E-state index is 5.94. The molecule has 2 rings (SSSR count). The maximum atomic E-state index is 5.94. The summed E-state index contributed by atoms with van der Waals surface area (Å²) in [6, 6.07) is 0.627. The van der Waals surface area contributed by atoms with Gasteiger partial charge in [0.2, 0.25) is 0 Å². The van der Waals surface area contributed by atoms with E-state index in [1.165, 1.54) is 25.9 Å². The molecule has 0 aromatic carbocycles. The minimum Gasteiger partial charge on any atom is -0.374 e. The van der Waals surface area contributed by atoms with Crippen molar-refractivity contribution in [3.05, 3.63) is 0 Å². The van der Waals surface area contributed by atoms with Crippen molar-refractivity contribution in [1.29, 1.82) is 0 Å². The van der Waals surface area contributed by atoms with E-state index in [1.54, 1.807) is 0 Å². The second-order valence-corrected chi connectivity index (χ2v) is 6.13. The normalized spacial score (nSPS) is 32.4. The zero-order valence-electron chi connectivity index (χ0n) is 12.9. The lowest BCUT2D eigenvalue weighted by atomic mass is 9.91. The average molecular weight is 269 g/mol. The Hall–Kier alpha value is -0.160. The van der Waals surface area contributed by atoms with Gasteiger partial charge in [-0.1, -0.05) is 6.92 Å². The smallest absolute Gasteiger partial charge is 0.0829 e. The molecule has 0 spiro atoms. The molecule has 2 saturated heterocycles. The number of likely N-dealkylation sites (tertiary alicyclic amines) is 1. The molecule has 0 aromatic rings. The highest BCUT2D eigenvalue weighted by Crippen LogP contribution is 2.20. The number of nitrogens with zero attached hydrogens (tertiary/aromatic N) is 2. The van der Waals surface area contributed by atoms with Crippen LogP contribution in [0, 0.1) is 5.92 Å². The number of ether oxygens (including phenoxy) is 1. The highest BCUT2D eigenvalue weighted by atomic mass is 16.5. The first-order valence-electron chi connectivity index (χ1n) is 7.96. The van der Waals surface area contributed by atoms with Crippen LogP contribution in [0.4, 0.5) is 0 Å². The lowest BCUT2D eigenvalue weighted by molar-refractivity contribution is -0.0469. The molecule has 2 fully saturated rings. The number of nitrogens with one attached hydrogen (secondary N) is 1. The Kier molecular flexibility index (Phi) is 6.07. The van der Waals surface area contributed by atoms with Crippen LogP contribution in [0.15, 0.2) is 0 Å². The van der Waals surface area contributed by atoms with E-state index in [0.29, 0.717) is 12.1 Å². The first-order chi connectivity index (χ1) is 9.22. The van der Waals surface area contributed by atoms with E-state index < -0.39 is 0 Å². The van der Waals surface area contributed by atoms with Gasteiger partial charge < -0.3 is 15.0 Å². The average Bonchev–Trinajstić information content (AvgIpc) is 2.47. The van der Waals surface area contributed by atoms with E-state index in [4.69, 9.17) is 4.74 Å². The molecule has 0 radical (unpaired) electrons. The van der Waals surface area contributed by atoms with E-state index in [0.717, 1.165) is 38.7 Å². The van der Waals surface area contributed by atoms with Crippen LogP contribution in [0.5, 0.6) is 0 Å². The summed E-state index contributed by atoms with van der Waals surface area (Å²) >= 11 is 0. The molecule has 0 bridgehead atoms. The summed E-state index contributed by atoms with van der Waals surface area (Å²) in [4.78, 5) is 5.12. The van der Waals surface area contributed by atoms with Gasteiger partial charge >= 0.3 is 0 Å². The Morgan fingerprint density at radius 1 is 1.26 bits per heavy atom. The summed E-state index contributed by atoms with van der Waals surface area (Å²) in [5.74, 6) is 0.796. The minimum atomic E-state index is 0.414. The predicted octanol–water partition coefficient (Wildman–Crippen LogP) is 1.03. The van der Waals surface area contributed by atoms with Crippen molar-refractivity contribution in [2.45, 2.75) is 38.8 Å². The van der Waals surface area contributed by atoms with Crippen molar-refractivity contribution >= 4 is 0 Å². The molecule has 4 nitrogen and oxygen atoms in total. The van der Waals surface area contributed by atoms with Crippen molar-refractivity contribution < 1.29 is 4.74 Å². The molecular formula is C15H31N3O. The molecule has 2 heterocycles. The van der Waals surface area contributed by atoms with Crippen LogP contribution < -0.4 is 5.32 Å². The van der Waals surface area contributed by atoms with Gasteiger partial charge in [0.1, 0.15) is 0 Å². The van der Waals surface area contributed by atoms with Crippen molar-refractivity contribution in [3.63, 3.8) is 0 Å². The molecule has 112 valence electrons. The van der Waals surface area contributed by atoms with Crippen LogP contribution in [0.25, 0.3) is 0 Å². The van der Waals surface area contributed by atoms with Crippen LogP contribution in [0.2, 0.25) is 0 Å². The third-order valence-corrected chi connectivity index (χ3v) is 4.84. The molecular weight excluding hydrogens is 238 g/mol. The highest BCUT2D eigenvalue weighted by molar-refractivity contribution is 4.82. The largest absolute Gasteiger partial charge is 0.374 e. The quantitative estimate of drug-likeness (QED) is 0.807. The van der Waals surface area contributed by atoms with Crippen molar-refractivity contribution in [2.24, 2.45) is 5.92 Å². The fourth-order valence-corrected chi connectivity index (χ4v) is 3.37. The summed E-state index contributed by atoms with van der Waals surface area (Å²) in [6.45, 7) is 12.4. The Bertz CT molecular complexity index is 262. The number of hydrogen-bond donors (Lipinski definition) is 1. The SMILES string of the molecule is CCN1CCOC(CN2CCCC(C(C)NC)C2)C1. The molecule has 2 aliphatic heterocycles. The Morgan fingerprint density at radius 3 is 2.84 bits per heavy atom. The maximum Gasteiger partial charge on any atom is 0.0829 e. The molecule has 4 heteroatoms. The number of morpholine rings is 1. The number of hydrogen-bond acceptors (Lipinski definition) is 4. The summed E-state index contributed by atoms with van der Waals surface area (Å²) in [6.07, 6.45) is 3.11. The molecule has 2 aliphatic rings. The zero-order chi connectivity index (χ0) is 13.7. The monoisotopic (exact) mass is 269 g/mol. The second kappa shape index (κ2) is 7.58. The van der Waals surface area contributed by atoms with E-state index in [-0.39, 0.29) is 0 Å². The summed E-state index contributed by atoms with van der Waals surface area (Å²) in [5, 5.41) is 3.41. The standard InChI is InChI=1S/C15H31N3O/c1-4-17-8-9-19-15(11-17)12-18-7-5-6-14(10-18)13(2)16-3/h13-16H,4-12H2,1-3H3. The molecule has 3 unspecified atom stereocenters. The Labute approximate surface area is 118 Å². The van der Waals surface area contributed by atoms with Crippen LogP contribution in [0.1, 0.15) is 26.7 Å². The molecule has 0 aliphatic carbocycles. The number of likely N-dealkylation sites (N-methyl/N-ethyl adjacent to an activating group) is 1. The summed E-state index contributed by atoms with van der Waals surface area (Å²) < 4.78 is 5.94. The van der Waals surface area contributed by atoms with Gasteiger partial charge in [-0.05, 0) is 45.8 Å². The predicted molar refractivity (Wildman–Crippen MR) is 79.5 cm³/mol. The van der Waals surface area contributed by atoms with E-state index in [9.17, 15) is 0 Å². The van der Waals surface area contributed by atoms with Crippen molar-refractivity contribution in [1.82, 2.24) is 15.1 Å². The topological polar surface area (TPSA) is 27.7 Å². The Balaban J connectivity index is 1.78. The molecule has 1 N–H and O–H groups in total. The van der Waals surface area contributed by atoms with Gasteiger partial charge in [-0.15, -0.1) is 0 Å². The third-order valence-electron chi connectivity index (χ3n) is 4.84. The van der Waals surface area contributed by atoms with Gasteiger partial charge in [-0.25, -0.2) is 0 Å². The number of rotatable bonds is 5. The lowest BCUT2D eigenvalue weighted by Gasteiger charge is -2.39. The molecule has 0 saturated carbocycles. The van der Waals surface area contributed by atoms with Crippen molar-refractivity contribution in [2.75, 3.05) is 52.9 Å². The van der Waals surface area contributed by atoms with Gasteiger partial charge in [-0.2, -0.15) is 0 Å². The van der Waals surface area contributed by atoms with Gasteiger partial charge in [0.15, 0.2) is 0 Å². The van der Waals surface area contributed by atoms with E-state index in [1.807, 2.05) is 0 Å². The first kappa shape index (κ1) is 15.2. The molecule has 19 heavy (non-hydrogen) atoms. The van der Waals surface area contributed by atoms with Gasteiger partial charge in [0.25, 0.3) is 0 Å². The zero-order valence-corrected chi connectivity index (χ0v) is 12.9. The second-order valence-electron chi connectivity index (χ2n) is 6.13. The van der Waals surface area contributed by atoms with Crippen LogP contribution >= 0.6 is 0 Å². The Morgan fingerprint density at radius 2 is 2.11 bits per heavy atom. The van der Waals surface area contributed by atoms with Crippen LogP contribution in [-0.4, -0.2) is 74.9 Å². The lowest BCUT2D eigenvalue weighted by Crippen LogP contribution is -2.50. The number of piperidine rings is 1.